The highest BCUT2D eigenvalue weighted by molar-refractivity contribution is 6.02. The highest BCUT2D eigenvalue weighted by atomic mass is 16.6. The number of pyridine rings is 1. The molecule has 3 heterocycles. The first-order valence-corrected chi connectivity index (χ1v) is 8.40. The van der Waals surface area contributed by atoms with Crippen molar-refractivity contribution in [2.45, 2.75) is 19.8 Å². The fraction of sp³-hybridized carbons (Fsp3) is 0.158. The zero-order valence-electron chi connectivity index (χ0n) is 14.4. The summed E-state index contributed by atoms with van der Waals surface area (Å²) < 4.78 is 15.9. The monoisotopic (exact) mass is 365 g/mol. The second-order valence-corrected chi connectivity index (χ2v) is 5.88. The van der Waals surface area contributed by atoms with Gasteiger partial charge in [-0.05, 0) is 30.7 Å². The Morgan fingerprint density at radius 3 is 2.70 bits per heavy atom. The molecule has 0 amide bonds. The van der Waals surface area contributed by atoms with Crippen molar-refractivity contribution in [1.29, 1.82) is 0 Å². The molecule has 8 heteroatoms. The molecule has 0 unspecified atom stereocenters. The van der Waals surface area contributed by atoms with Crippen molar-refractivity contribution < 1.29 is 23.6 Å². The Hall–Kier alpha value is -3.68. The molecule has 1 aliphatic heterocycles. The molecule has 8 nitrogen and oxygen atoms in total. The van der Waals surface area contributed by atoms with Gasteiger partial charge in [0.1, 0.15) is 5.39 Å². The molecular formula is C19H15N3O5. The summed E-state index contributed by atoms with van der Waals surface area (Å²) in [5.41, 5.74) is 2.08. The maximum atomic E-state index is 11.9. The third-order valence-electron chi connectivity index (χ3n) is 3.91. The van der Waals surface area contributed by atoms with Gasteiger partial charge in [0, 0.05) is 29.7 Å². The SMILES string of the molecule is CCCc1cc(Nc2noc3ccc4c(c23)OC(=O)/C=C\C(=O)O4)ccn1. The van der Waals surface area contributed by atoms with Crippen LogP contribution in [0.3, 0.4) is 0 Å². The topological polar surface area (TPSA) is 104 Å². The summed E-state index contributed by atoms with van der Waals surface area (Å²) in [6, 6.07) is 6.78. The first kappa shape index (κ1) is 16.8. The van der Waals surface area contributed by atoms with E-state index in [9.17, 15) is 9.59 Å². The van der Waals surface area contributed by atoms with Crippen molar-refractivity contribution in [3.8, 4) is 11.5 Å². The number of ether oxygens (including phenoxy) is 2. The second-order valence-electron chi connectivity index (χ2n) is 5.88. The standard InChI is InChI=1S/C19H15N3O5/c1-2-3-11-10-12(8-9-20-11)21-19-17-13(27-22-19)4-5-14-18(17)26-16(24)7-6-15(23)25-14/h4-10H,2-3H2,1H3,(H,20,21,22)/b7-6-. The van der Waals surface area contributed by atoms with E-state index < -0.39 is 11.9 Å². The number of fused-ring (bicyclic) bond motifs is 3. The number of hydrogen-bond donors (Lipinski definition) is 1. The lowest BCUT2D eigenvalue weighted by Gasteiger charge is -2.12. The molecule has 1 aliphatic rings. The quantitative estimate of drug-likeness (QED) is 0.555. The smallest absolute Gasteiger partial charge is 0.336 e. The molecule has 2 aromatic heterocycles. The second kappa shape index (κ2) is 6.91. The Kier molecular flexibility index (Phi) is 4.29. The summed E-state index contributed by atoms with van der Waals surface area (Å²) in [5, 5.41) is 7.56. The Bertz CT molecular complexity index is 1070. The average Bonchev–Trinajstić information content (AvgIpc) is 3.04. The van der Waals surface area contributed by atoms with Crippen LogP contribution in [0, 0.1) is 0 Å². The minimum absolute atomic E-state index is 0.0711. The van der Waals surface area contributed by atoms with E-state index in [0.29, 0.717) is 16.8 Å². The van der Waals surface area contributed by atoms with Gasteiger partial charge in [0.2, 0.25) is 0 Å². The van der Waals surface area contributed by atoms with Gasteiger partial charge in [-0.2, -0.15) is 0 Å². The molecule has 0 atom stereocenters. The number of benzene rings is 1. The van der Waals surface area contributed by atoms with E-state index in [2.05, 4.69) is 22.4 Å². The summed E-state index contributed by atoms with van der Waals surface area (Å²) in [4.78, 5) is 27.9. The number of carbonyl (C=O) groups is 2. The number of nitrogens with zero attached hydrogens (tertiary/aromatic N) is 2. The number of carbonyl (C=O) groups excluding carboxylic acids is 2. The van der Waals surface area contributed by atoms with Gasteiger partial charge in [-0.1, -0.05) is 18.5 Å². The van der Waals surface area contributed by atoms with Crippen LogP contribution in [0.4, 0.5) is 11.5 Å². The normalized spacial score (nSPS) is 14.7. The molecule has 0 spiro atoms. The van der Waals surface area contributed by atoms with Crippen molar-refractivity contribution in [2.75, 3.05) is 5.32 Å². The van der Waals surface area contributed by atoms with Gasteiger partial charge >= 0.3 is 11.9 Å². The minimum Gasteiger partial charge on any atom is -0.419 e. The molecular weight excluding hydrogens is 350 g/mol. The third kappa shape index (κ3) is 3.37. The summed E-state index contributed by atoms with van der Waals surface area (Å²) in [6.45, 7) is 2.08. The van der Waals surface area contributed by atoms with E-state index in [1.54, 1.807) is 18.3 Å². The highest BCUT2D eigenvalue weighted by Gasteiger charge is 2.23. The maximum absolute atomic E-state index is 11.9. The van der Waals surface area contributed by atoms with E-state index in [4.69, 9.17) is 14.0 Å². The predicted molar refractivity (Wildman–Crippen MR) is 95.9 cm³/mol. The molecule has 136 valence electrons. The van der Waals surface area contributed by atoms with Gasteiger partial charge in [-0.25, -0.2) is 9.59 Å². The minimum atomic E-state index is -0.693. The van der Waals surface area contributed by atoms with Crippen molar-refractivity contribution in [1.82, 2.24) is 10.1 Å². The summed E-state index contributed by atoms with van der Waals surface area (Å²) >= 11 is 0. The molecule has 0 saturated carbocycles. The molecule has 4 rings (SSSR count). The van der Waals surface area contributed by atoms with Gasteiger partial charge in [0.25, 0.3) is 0 Å². The number of anilines is 2. The lowest BCUT2D eigenvalue weighted by atomic mass is 10.2. The fourth-order valence-electron chi connectivity index (χ4n) is 2.75. The Labute approximate surface area is 153 Å². The van der Waals surface area contributed by atoms with Crippen molar-refractivity contribution >= 4 is 34.4 Å². The van der Waals surface area contributed by atoms with Crippen LogP contribution < -0.4 is 14.8 Å². The van der Waals surface area contributed by atoms with Gasteiger partial charge in [-0.3, -0.25) is 4.98 Å². The number of nitrogens with one attached hydrogen (secondary N) is 1. The van der Waals surface area contributed by atoms with Crippen LogP contribution >= 0.6 is 0 Å². The highest BCUT2D eigenvalue weighted by Crippen LogP contribution is 2.41. The molecule has 3 aromatic rings. The Morgan fingerprint density at radius 1 is 1.07 bits per heavy atom. The first-order chi connectivity index (χ1) is 13.1. The lowest BCUT2D eigenvalue weighted by Crippen LogP contribution is -2.13. The predicted octanol–water partition coefficient (Wildman–Crippen LogP) is 3.30. The third-order valence-corrected chi connectivity index (χ3v) is 3.91. The van der Waals surface area contributed by atoms with Gasteiger partial charge in [-0.15, -0.1) is 0 Å². The lowest BCUT2D eigenvalue weighted by molar-refractivity contribution is -0.133. The van der Waals surface area contributed by atoms with Crippen LogP contribution in [-0.4, -0.2) is 22.1 Å². The largest absolute Gasteiger partial charge is 0.419 e. The number of aromatic nitrogens is 2. The van der Waals surface area contributed by atoms with E-state index in [0.717, 1.165) is 36.4 Å². The van der Waals surface area contributed by atoms with Gasteiger partial charge in [0.15, 0.2) is 22.9 Å². The summed E-state index contributed by atoms with van der Waals surface area (Å²) in [6.07, 6.45) is 5.54. The molecule has 0 radical (unpaired) electrons. The van der Waals surface area contributed by atoms with Crippen LogP contribution in [-0.2, 0) is 16.0 Å². The number of esters is 2. The van der Waals surface area contributed by atoms with Crippen molar-refractivity contribution in [2.24, 2.45) is 0 Å². The molecule has 0 bridgehead atoms. The molecule has 0 aliphatic carbocycles. The van der Waals surface area contributed by atoms with Crippen LogP contribution in [0.15, 0.2) is 47.1 Å². The fourth-order valence-corrected chi connectivity index (χ4v) is 2.75. The van der Waals surface area contributed by atoms with Crippen molar-refractivity contribution in [3.63, 3.8) is 0 Å². The van der Waals surface area contributed by atoms with E-state index in [-0.39, 0.29) is 11.5 Å². The van der Waals surface area contributed by atoms with Gasteiger partial charge in [0.05, 0.1) is 0 Å². The summed E-state index contributed by atoms with van der Waals surface area (Å²) in [7, 11) is 0. The Morgan fingerprint density at radius 2 is 1.89 bits per heavy atom. The van der Waals surface area contributed by atoms with Crippen LogP contribution in [0.5, 0.6) is 11.5 Å². The summed E-state index contributed by atoms with van der Waals surface area (Å²) in [5.74, 6) is -0.846. The van der Waals surface area contributed by atoms with Crippen LogP contribution in [0.1, 0.15) is 19.0 Å². The molecule has 1 aromatic carbocycles. The molecule has 0 saturated heterocycles. The number of rotatable bonds is 4. The average molecular weight is 365 g/mol. The van der Waals surface area contributed by atoms with Crippen LogP contribution in [0.2, 0.25) is 0 Å². The molecule has 1 N–H and O–H groups in total. The zero-order chi connectivity index (χ0) is 18.8. The van der Waals surface area contributed by atoms with E-state index in [1.807, 2.05) is 6.07 Å². The zero-order valence-corrected chi connectivity index (χ0v) is 14.4. The van der Waals surface area contributed by atoms with E-state index >= 15 is 0 Å². The van der Waals surface area contributed by atoms with Crippen molar-refractivity contribution in [3.05, 3.63) is 48.3 Å². The number of hydrogen-bond acceptors (Lipinski definition) is 8. The van der Waals surface area contributed by atoms with Gasteiger partial charge < -0.3 is 19.3 Å². The Balaban J connectivity index is 1.78. The molecule has 0 fully saturated rings. The maximum Gasteiger partial charge on any atom is 0.336 e. The molecule has 27 heavy (non-hydrogen) atoms. The van der Waals surface area contributed by atoms with E-state index in [1.165, 1.54) is 6.07 Å². The first-order valence-electron chi connectivity index (χ1n) is 8.40. The number of aryl methyl sites for hydroxylation is 1. The van der Waals surface area contributed by atoms with Crippen LogP contribution in [0.25, 0.3) is 11.0 Å².